The van der Waals surface area contributed by atoms with Gasteiger partial charge in [0.1, 0.15) is 4.90 Å². The van der Waals surface area contributed by atoms with Crippen LogP contribution in [0.2, 0.25) is 0 Å². The molecule has 2 heterocycles. The van der Waals surface area contributed by atoms with Crippen molar-refractivity contribution >= 4 is 17.4 Å². The maximum absolute atomic E-state index is 12.9. The van der Waals surface area contributed by atoms with Crippen molar-refractivity contribution in [1.29, 1.82) is 0 Å². The van der Waals surface area contributed by atoms with E-state index >= 15 is 0 Å². The van der Waals surface area contributed by atoms with E-state index in [1.807, 2.05) is 4.98 Å². The number of aromatic nitrogens is 2. The van der Waals surface area contributed by atoms with Crippen LogP contribution in [0.1, 0.15) is 5.69 Å². The van der Waals surface area contributed by atoms with E-state index < -0.39 is 23.4 Å². The van der Waals surface area contributed by atoms with Gasteiger partial charge in [-0.2, -0.15) is 17.6 Å². The van der Waals surface area contributed by atoms with E-state index in [0.717, 1.165) is 18.3 Å². The minimum Gasteiger partial charge on any atom is -0.398 e. The zero-order valence-electron chi connectivity index (χ0n) is 9.66. The van der Waals surface area contributed by atoms with Crippen LogP contribution in [0, 0.1) is 5.95 Å². The number of halogens is 4. The smallest absolute Gasteiger partial charge is 0.398 e. The van der Waals surface area contributed by atoms with Gasteiger partial charge in [0.2, 0.25) is 0 Å². The highest BCUT2D eigenvalue weighted by Gasteiger charge is 2.35. The van der Waals surface area contributed by atoms with Crippen LogP contribution in [0.4, 0.5) is 23.2 Å². The molecule has 0 aliphatic heterocycles. The highest BCUT2D eigenvalue weighted by atomic mass is 32.2. The molecule has 2 rings (SSSR count). The molecule has 0 bridgehead atoms. The van der Waals surface area contributed by atoms with Crippen molar-refractivity contribution in [2.75, 3.05) is 5.73 Å². The fourth-order valence-electron chi connectivity index (χ4n) is 1.44. The fraction of sp³-hybridized carbons (Fsp3) is 0.0909. The Morgan fingerprint density at radius 1 is 1.35 bits per heavy atom. The molecule has 0 aliphatic rings. The molecule has 2 aromatic heterocycles. The predicted molar refractivity (Wildman–Crippen MR) is 64.8 cm³/mol. The Morgan fingerprint density at radius 3 is 2.65 bits per heavy atom. The van der Waals surface area contributed by atoms with Crippen LogP contribution in [0.5, 0.6) is 0 Å². The molecule has 0 atom stereocenters. The van der Waals surface area contributed by atoms with Gasteiger partial charge in [0, 0.05) is 17.2 Å². The maximum atomic E-state index is 12.9. The number of nitrogens with zero attached hydrogens (tertiary/aromatic N) is 1. The molecular formula is C11H7F4N3OS. The Balaban J connectivity index is 2.49. The number of hydrogen-bond donors (Lipinski definition) is 2. The first-order valence-corrected chi connectivity index (χ1v) is 5.99. The van der Waals surface area contributed by atoms with E-state index in [0.29, 0.717) is 11.8 Å². The van der Waals surface area contributed by atoms with Gasteiger partial charge in [0.15, 0.2) is 11.6 Å². The molecule has 0 aromatic carbocycles. The Labute approximate surface area is 114 Å². The van der Waals surface area contributed by atoms with Crippen LogP contribution in [0.25, 0.3) is 0 Å². The third-order valence-corrected chi connectivity index (χ3v) is 3.41. The van der Waals surface area contributed by atoms with Gasteiger partial charge in [-0.05, 0) is 12.1 Å². The van der Waals surface area contributed by atoms with Gasteiger partial charge in [-0.25, -0.2) is 0 Å². The number of nitrogens with one attached hydrogen (secondary N) is 1. The van der Waals surface area contributed by atoms with Crippen molar-refractivity contribution in [2.24, 2.45) is 0 Å². The van der Waals surface area contributed by atoms with Gasteiger partial charge >= 0.3 is 6.18 Å². The molecule has 106 valence electrons. The van der Waals surface area contributed by atoms with Crippen LogP contribution >= 0.6 is 11.8 Å². The first-order chi connectivity index (χ1) is 9.29. The second kappa shape index (κ2) is 5.16. The molecule has 4 nitrogen and oxygen atoms in total. The molecule has 20 heavy (non-hydrogen) atoms. The average molecular weight is 305 g/mol. The first kappa shape index (κ1) is 14.4. The van der Waals surface area contributed by atoms with Gasteiger partial charge in [-0.3, -0.25) is 14.8 Å². The van der Waals surface area contributed by atoms with Crippen molar-refractivity contribution < 1.29 is 17.6 Å². The highest BCUT2D eigenvalue weighted by Crippen LogP contribution is 2.38. The van der Waals surface area contributed by atoms with Gasteiger partial charge in [0.05, 0.1) is 5.69 Å². The summed E-state index contributed by atoms with van der Waals surface area (Å²) in [5, 5.41) is 0. The Hall–Kier alpha value is -2.03. The number of anilines is 1. The van der Waals surface area contributed by atoms with E-state index in [9.17, 15) is 22.4 Å². The molecule has 0 unspecified atom stereocenters. The normalized spacial score (nSPS) is 11.6. The molecular weight excluding hydrogens is 298 g/mol. The fourth-order valence-corrected chi connectivity index (χ4v) is 2.39. The zero-order valence-corrected chi connectivity index (χ0v) is 10.5. The topological polar surface area (TPSA) is 71.8 Å². The van der Waals surface area contributed by atoms with Crippen molar-refractivity contribution in [3.63, 3.8) is 0 Å². The Bertz CT molecular complexity index is 699. The lowest BCUT2D eigenvalue weighted by Crippen LogP contribution is -2.14. The Morgan fingerprint density at radius 2 is 2.05 bits per heavy atom. The monoisotopic (exact) mass is 305 g/mol. The number of rotatable bonds is 2. The molecule has 0 amide bonds. The molecule has 2 aromatic rings. The molecule has 0 spiro atoms. The van der Waals surface area contributed by atoms with Crippen molar-refractivity contribution in [3.05, 3.63) is 46.4 Å². The van der Waals surface area contributed by atoms with Gasteiger partial charge in [-0.1, -0.05) is 11.8 Å². The summed E-state index contributed by atoms with van der Waals surface area (Å²) in [6.45, 7) is 0. The van der Waals surface area contributed by atoms with Gasteiger partial charge < -0.3 is 5.73 Å². The number of alkyl halides is 3. The summed E-state index contributed by atoms with van der Waals surface area (Å²) in [5.41, 5.74) is 3.17. The van der Waals surface area contributed by atoms with Crippen molar-refractivity contribution in [3.8, 4) is 0 Å². The van der Waals surface area contributed by atoms with Crippen LogP contribution in [-0.4, -0.2) is 9.97 Å². The Kier molecular flexibility index (Phi) is 3.71. The number of H-pyrrole nitrogens is 1. The predicted octanol–water partition coefficient (Wildman–Crippen LogP) is 2.66. The summed E-state index contributed by atoms with van der Waals surface area (Å²) in [6, 6.07) is 3.28. The molecule has 9 heteroatoms. The molecule has 0 saturated carbocycles. The lowest BCUT2D eigenvalue weighted by atomic mass is 10.3. The summed E-state index contributed by atoms with van der Waals surface area (Å²) in [5.74, 6) is -0.959. The van der Waals surface area contributed by atoms with E-state index in [2.05, 4.69) is 4.98 Å². The average Bonchev–Trinajstić information content (AvgIpc) is 2.33. The lowest BCUT2D eigenvalue weighted by molar-refractivity contribution is -0.143. The van der Waals surface area contributed by atoms with Crippen LogP contribution in [-0.2, 0) is 6.18 Å². The SMILES string of the molecule is Nc1cc(F)[nH]c(=O)c1Sc1cccnc1C(F)(F)F. The van der Waals surface area contributed by atoms with Gasteiger partial charge in [-0.15, -0.1) is 0 Å². The maximum Gasteiger partial charge on any atom is 0.434 e. The number of aromatic amines is 1. The lowest BCUT2D eigenvalue weighted by Gasteiger charge is -2.11. The standard InChI is InChI=1S/C11H7F4N3OS/c12-7-4-5(16)8(10(19)18-7)20-6-2-1-3-17-9(6)11(13,14)15/h1-4H,(H3,16,18,19). The number of pyridine rings is 2. The molecule has 3 N–H and O–H groups in total. The van der Waals surface area contributed by atoms with E-state index in [1.165, 1.54) is 6.07 Å². The molecule has 0 aliphatic carbocycles. The quantitative estimate of drug-likeness (QED) is 0.661. The molecule has 0 fully saturated rings. The van der Waals surface area contributed by atoms with Crippen LogP contribution in [0.15, 0.2) is 39.0 Å². The van der Waals surface area contributed by atoms with Crippen molar-refractivity contribution in [2.45, 2.75) is 16.0 Å². The second-order valence-corrected chi connectivity index (χ2v) is 4.73. The third kappa shape index (κ3) is 2.93. The summed E-state index contributed by atoms with van der Waals surface area (Å²) in [6.07, 6.45) is -3.67. The van der Waals surface area contributed by atoms with Gasteiger partial charge in [0.25, 0.3) is 5.56 Å². The summed E-state index contributed by atoms with van der Waals surface area (Å²) < 4.78 is 51.2. The number of hydrogen-bond acceptors (Lipinski definition) is 4. The minimum absolute atomic E-state index is 0.218. The number of nitrogens with two attached hydrogens (primary N) is 1. The van der Waals surface area contributed by atoms with Crippen LogP contribution < -0.4 is 11.3 Å². The highest BCUT2D eigenvalue weighted by molar-refractivity contribution is 7.99. The second-order valence-electron chi connectivity index (χ2n) is 3.68. The third-order valence-electron chi connectivity index (χ3n) is 2.23. The zero-order chi connectivity index (χ0) is 14.9. The van der Waals surface area contributed by atoms with Crippen molar-refractivity contribution in [1.82, 2.24) is 9.97 Å². The number of nitrogen functional groups attached to an aromatic ring is 1. The largest absolute Gasteiger partial charge is 0.434 e. The van der Waals surface area contributed by atoms with E-state index in [1.54, 1.807) is 0 Å². The summed E-state index contributed by atoms with van der Waals surface area (Å²) >= 11 is 0.485. The first-order valence-electron chi connectivity index (χ1n) is 5.17. The molecule has 0 saturated heterocycles. The minimum atomic E-state index is -4.66. The van der Waals surface area contributed by atoms with E-state index in [4.69, 9.17) is 5.73 Å². The van der Waals surface area contributed by atoms with Crippen LogP contribution in [0.3, 0.4) is 0 Å². The summed E-state index contributed by atoms with van der Waals surface area (Å²) in [7, 11) is 0. The summed E-state index contributed by atoms with van der Waals surface area (Å²) in [4.78, 5) is 16.1. The van der Waals surface area contributed by atoms with E-state index in [-0.39, 0.29) is 15.5 Å². The molecule has 0 radical (unpaired) electrons.